The molecule has 0 saturated carbocycles. The number of para-hydroxylation sites is 2. The Bertz CT molecular complexity index is 2710. The number of hydrogen-bond acceptors (Lipinski definition) is 2. The van der Waals surface area contributed by atoms with Crippen LogP contribution in [0.2, 0.25) is 0 Å². The topological polar surface area (TPSA) is 6.48 Å². The van der Waals surface area contributed by atoms with Crippen molar-refractivity contribution in [2.45, 2.75) is 70.6 Å². The summed E-state index contributed by atoms with van der Waals surface area (Å²) in [6.07, 6.45) is 6.83. The molecule has 0 fully saturated rings. The average Bonchev–Trinajstić information content (AvgIpc) is 3.41. The van der Waals surface area contributed by atoms with Gasteiger partial charge in [0.15, 0.2) is 0 Å². The average molecular weight is 715 g/mol. The van der Waals surface area contributed by atoms with E-state index in [0.717, 1.165) is 25.9 Å². The molecule has 0 spiro atoms. The van der Waals surface area contributed by atoms with Crippen LogP contribution in [0.4, 0.5) is 22.7 Å². The van der Waals surface area contributed by atoms with Crippen molar-refractivity contribution in [3.8, 4) is 11.1 Å². The van der Waals surface area contributed by atoms with Crippen LogP contribution in [0.3, 0.4) is 0 Å². The second-order valence-electron chi connectivity index (χ2n) is 18.1. The van der Waals surface area contributed by atoms with E-state index in [1.165, 1.54) is 88.8 Å². The molecule has 0 saturated heterocycles. The first-order chi connectivity index (χ1) is 26.5. The van der Waals surface area contributed by atoms with Gasteiger partial charge in [-0.05, 0) is 132 Å². The van der Waals surface area contributed by atoms with E-state index >= 15 is 0 Å². The summed E-state index contributed by atoms with van der Waals surface area (Å²) in [5, 5.41) is 5.16. The minimum Gasteiger partial charge on any atom is -0.341 e. The molecule has 272 valence electrons. The van der Waals surface area contributed by atoms with Crippen molar-refractivity contribution < 1.29 is 0 Å². The molecule has 0 N–H and O–H groups in total. The van der Waals surface area contributed by atoms with E-state index in [4.69, 9.17) is 0 Å². The molecular weight excluding hydrogens is 665 g/mol. The smallest absolute Gasteiger partial charge is 0.0448 e. The fourth-order valence-corrected chi connectivity index (χ4v) is 9.95. The van der Waals surface area contributed by atoms with Gasteiger partial charge >= 0.3 is 0 Å². The minimum absolute atomic E-state index is 0.0864. The molecule has 0 unspecified atom stereocenters. The molecule has 2 aliphatic heterocycles. The van der Waals surface area contributed by atoms with E-state index in [2.05, 4.69) is 197 Å². The van der Waals surface area contributed by atoms with E-state index in [9.17, 15) is 0 Å². The van der Waals surface area contributed by atoms with Gasteiger partial charge in [-0.25, -0.2) is 0 Å². The van der Waals surface area contributed by atoms with E-state index in [0.29, 0.717) is 0 Å². The SMILES string of the molecule is CC1(C)CCN(c2ccc3c(c2)C(C)(C)c2cc(/C=C/c4ccc5c(ccc6cc(N7CCC(C)(C)c8ccccc87)ccc65)c4)ccc2-3)c2ccccc21. The lowest BCUT2D eigenvalue weighted by atomic mass is 9.77. The molecule has 10 rings (SSSR count). The monoisotopic (exact) mass is 714 g/mol. The summed E-state index contributed by atoms with van der Waals surface area (Å²) in [6.45, 7) is 16.3. The molecule has 2 heterocycles. The molecule has 3 aliphatic rings. The Labute approximate surface area is 326 Å². The van der Waals surface area contributed by atoms with Crippen LogP contribution in [0.15, 0.2) is 133 Å². The van der Waals surface area contributed by atoms with Crippen LogP contribution >= 0.6 is 0 Å². The first-order valence-corrected chi connectivity index (χ1v) is 20.2. The number of benzene rings is 7. The first-order valence-electron chi connectivity index (χ1n) is 20.2. The lowest BCUT2D eigenvalue weighted by molar-refractivity contribution is 0.467. The van der Waals surface area contributed by atoms with Gasteiger partial charge in [-0.15, -0.1) is 0 Å². The largest absolute Gasteiger partial charge is 0.341 e. The van der Waals surface area contributed by atoms with Crippen LogP contribution in [-0.2, 0) is 16.2 Å². The molecule has 7 aromatic carbocycles. The predicted molar refractivity (Wildman–Crippen MR) is 237 cm³/mol. The van der Waals surface area contributed by atoms with Crippen LogP contribution in [0, 0.1) is 0 Å². The number of fused-ring (bicyclic) bond motifs is 8. The summed E-state index contributed by atoms with van der Waals surface area (Å²) in [4.78, 5) is 5.04. The Morgan fingerprint density at radius 1 is 0.436 bits per heavy atom. The number of hydrogen-bond donors (Lipinski definition) is 0. The van der Waals surface area contributed by atoms with Crippen LogP contribution in [-0.4, -0.2) is 13.1 Å². The van der Waals surface area contributed by atoms with Gasteiger partial charge in [-0.1, -0.05) is 145 Å². The summed E-state index contributed by atoms with van der Waals surface area (Å²) >= 11 is 0. The van der Waals surface area contributed by atoms with Gasteiger partial charge < -0.3 is 9.80 Å². The zero-order valence-corrected chi connectivity index (χ0v) is 33.1. The molecule has 1 aliphatic carbocycles. The van der Waals surface area contributed by atoms with Crippen molar-refractivity contribution in [3.05, 3.63) is 167 Å². The highest BCUT2D eigenvalue weighted by Gasteiger charge is 2.37. The van der Waals surface area contributed by atoms with Gasteiger partial charge in [0, 0.05) is 41.3 Å². The van der Waals surface area contributed by atoms with Crippen LogP contribution < -0.4 is 9.80 Å². The lowest BCUT2D eigenvalue weighted by Gasteiger charge is -2.40. The lowest BCUT2D eigenvalue weighted by Crippen LogP contribution is -2.34. The van der Waals surface area contributed by atoms with Gasteiger partial charge in [0.05, 0.1) is 0 Å². The maximum atomic E-state index is 2.53. The van der Waals surface area contributed by atoms with Crippen LogP contribution in [0.25, 0.3) is 44.8 Å². The first kappa shape index (κ1) is 33.9. The Balaban J connectivity index is 0.914. The summed E-state index contributed by atoms with van der Waals surface area (Å²) in [5.41, 5.74) is 16.4. The van der Waals surface area contributed by atoms with E-state index in [1.54, 1.807) is 0 Å². The van der Waals surface area contributed by atoms with Gasteiger partial charge in [-0.2, -0.15) is 0 Å². The van der Waals surface area contributed by atoms with Gasteiger partial charge in [0.2, 0.25) is 0 Å². The molecule has 2 nitrogen and oxygen atoms in total. The van der Waals surface area contributed by atoms with Crippen molar-refractivity contribution in [1.82, 2.24) is 0 Å². The molecule has 0 atom stereocenters. The van der Waals surface area contributed by atoms with E-state index in [1.807, 2.05) is 0 Å². The van der Waals surface area contributed by atoms with Gasteiger partial charge in [0.25, 0.3) is 0 Å². The Hall–Kier alpha value is -5.60. The summed E-state index contributed by atoms with van der Waals surface area (Å²) in [6, 6.07) is 50.6. The molecule has 0 aromatic heterocycles. The third-order valence-electron chi connectivity index (χ3n) is 13.4. The maximum Gasteiger partial charge on any atom is 0.0448 e. The van der Waals surface area contributed by atoms with Crippen molar-refractivity contribution in [3.63, 3.8) is 0 Å². The fourth-order valence-electron chi connectivity index (χ4n) is 9.95. The standard InChI is InChI=1S/C53H50N2/c1-51(2)27-29-54(49-13-9-7-11-45(49)51)39-21-25-42-38(33-39)20-19-37-31-35(17-23-41(37)42)15-16-36-18-24-43-44-26-22-40(34-48(44)53(5,6)47(43)32-36)55-30-28-52(3,4)46-12-8-10-14-50(46)55/h7-26,31-34H,27-30H2,1-6H3/b16-15+. The Morgan fingerprint density at radius 3 is 1.55 bits per heavy atom. The molecule has 7 aromatic rings. The summed E-state index contributed by atoms with van der Waals surface area (Å²) < 4.78 is 0. The zero-order chi connectivity index (χ0) is 37.7. The van der Waals surface area contributed by atoms with Crippen molar-refractivity contribution in [1.29, 1.82) is 0 Å². The molecule has 55 heavy (non-hydrogen) atoms. The third-order valence-corrected chi connectivity index (χ3v) is 13.4. The fraction of sp³-hybridized carbons (Fsp3) is 0.245. The highest BCUT2D eigenvalue weighted by atomic mass is 15.2. The molecule has 2 heteroatoms. The van der Waals surface area contributed by atoms with Crippen LogP contribution in [0.5, 0.6) is 0 Å². The number of anilines is 4. The van der Waals surface area contributed by atoms with E-state index in [-0.39, 0.29) is 16.2 Å². The van der Waals surface area contributed by atoms with Crippen molar-refractivity contribution in [2.24, 2.45) is 0 Å². The highest BCUT2D eigenvalue weighted by Crippen LogP contribution is 2.51. The van der Waals surface area contributed by atoms with Gasteiger partial charge in [-0.3, -0.25) is 0 Å². The quantitative estimate of drug-likeness (QED) is 0.132. The molecular formula is C53H50N2. The zero-order valence-electron chi connectivity index (χ0n) is 33.1. The predicted octanol–water partition coefficient (Wildman–Crippen LogP) is 14.1. The Kier molecular flexibility index (Phi) is 7.53. The maximum absolute atomic E-state index is 2.53. The number of rotatable bonds is 4. The second kappa shape index (κ2) is 12.2. The summed E-state index contributed by atoms with van der Waals surface area (Å²) in [5.74, 6) is 0. The molecule has 0 amide bonds. The van der Waals surface area contributed by atoms with Crippen molar-refractivity contribution in [2.75, 3.05) is 22.9 Å². The minimum atomic E-state index is -0.0864. The normalized spacial score (nSPS) is 17.6. The van der Waals surface area contributed by atoms with Gasteiger partial charge in [0.1, 0.15) is 0 Å². The van der Waals surface area contributed by atoms with E-state index < -0.39 is 0 Å². The molecule has 0 bridgehead atoms. The highest BCUT2D eigenvalue weighted by molar-refractivity contribution is 6.09. The van der Waals surface area contributed by atoms with Crippen molar-refractivity contribution >= 4 is 56.4 Å². The Morgan fingerprint density at radius 2 is 0.909 bits per heavy atom. The second-order valence-corrected chi connectivity index (χ2v) is 18.1. The number of nitrogens with zero attached hydrogens (tertiary/aromatic N) is 2. The molecule has 0 radical (unpaired) electrons. The third kappa shape index (κ3) is 5.44. The van der Waals surface area contributed by atoms with Crippen LogP contribution in [0.1, 0.15) is 87.8 Å². The summed E-state index contributed by atoms with van der Waals surface area (Å²) in [7, 11) is 0.